The highest BCUT2D eigenvalue weighted by molar-refractivity contribution is 6.30. The van der Waals surface area contributed by atoms with Crippen LogP contribution in [-0.2, 0) is 13.2 Å². The van der Waals surface area contributed by atoms with E-state index in [1.54, 1.807) is 12.1 Å². The second kappa shape index (κ2) is 5.89. The van der Waals surface area contributed by atoms with Crippen molar-refractivity contribution in [2.75, 3.05) is 7.05 Å². The van der Waals surface area contributed by atoms with Gasteiger partial charge in [-0.05, 0) is 31.3 Å². The molecule has 5 heteroatoms. The lowest BCUT2D eigenvalue weighted by atomic mass is 10.3. The summed E-state index contributed by atoms with van der Waals surface area (Å²) in [5, 5.41) is 3.02. The van der Waals surface area contributed by atoms with Gasteiger partial charge in [0.25, 0.3) is 0 Å². The minimum Gasteiger partial charge on any atom is -0.483 e. The van der Waals surface area contributed by atoms with E-state index in [-0.39, 0.29) is 17.4 Å². The van der Waals surface area contributed by atoms with Crippen LogP contribution in [0.15, 0.2) is 34.7 Å². The van der Waals surface area contributed by atoms with Crippen LogP contribution in [0.1, 0.15) is 11.5 Å². The maximum atomic E-state index is 13.5. The number of halogens is 2. The molecule has 3 nitrogen and oxygen atoms in total. The van der Waals surface area contributed by atoms with Gasteiger partial charge in [-0.15, -0.1) is 0 Å². The van der Waals surface area contributed by atoms with Gasteiger partial charge in [0.1, 0.15) is 18.1 Å². The second-order valence-electron chi connectivity index (χ2n) is 3.74. The first-order valence-electron chi connectivity index (χ1n) is 5.49. The monoisotopic (exact) mass is 269 g/mol. The first kappa shape index (κ1) is 12.9. The molecule has 0 bridgehead atoms. The Hall–Kier alpha value is -1.52. The molecule has 0 unspecified atom stereocenters. The zero-order valence-corrected chi connectivity index (χ0v) is 10.6. The predicted molar refractivity (Wildman–Crippen MR) is 67.2 cm³/mol. The van der Waals surface area contributed by atoms with Crippen LogP contribution in [0.5, 0.6) is 5.75 Å². The van der Waals surface area contributed by atoms with Gasteiger partial charge in [-0.2, -0.15) is 0 Å². The van der Waals surface area contributed by atoms with Crippen molar-refractivity contribution in [1.29, 1.82) is 0 Å². The van der Waals surface area contributed by atoms with Crippen LogP contribution in [0.2, 0.25) is 5.02 Å². The molecule has 0 spiro atoms. The van der Waals surface area contributed by atoms with Crippen LogP contribution in [0.4, 0.5) is 4.39 Å². The number of furan rings is 1. The number of benzene rings is 1. The van der Waals surface area contributed by atoms with E-state index >= 15 is 0 Å². The van der Waals surface area contributed by atoms with E-state index in [9.17, 15) is 4.39 Å². The SMILES string of the molecule is CNCc1ccc(COc2cccc(Cl)c2F)o1. The van der Waals surface area contributed by atoms with Gasteiger partial charge < -0.3 is 14.5 Å². The van der Waals surface area contributed by atoms with Crippen molar-refractivity contribution < 1.29 is 13.5 Å². The minimum atomic E-state index is -0.554. The molecule has 0 saturated carbocycles. The summed E-state index contributed by atoms with van der Waals surface area (Å²) in [5.74, 6) is 1.01. The molecule has 18 heavy (non-hydrogen) atoms. The molecule has 2 aromatic rings. The first-order valence-corrected chi connectivity index (χ1v) is 5.87. The van der Waals surface area contributed by atoms with Gasteiger partial charge >= 0.3 is 0 Å². The summed E-state index contributed by atoms with van der Waals surface area (Å²) in [6, 6.07) is 8.29. The van der Waals surface area contributed by atoms with E-state index in [1.807, 2.05) is 13.1 Å². The fourth-order valence-corrected chi connectivity index (χ4v) is 1.68. The molecular formula is C13H13ClFNO2. The van der Waals surface area contributed by atoms with Crippen LogP contribution >= 0.6 is 11.6 Å². The van der Waals surface area contributed by atoms with Crippen molar-refractivity contribution in [2.24, 2.45) is 0 Å². The van der Waals surface area contributed by atoms with Gasteiger partial charge in [-0.1, -0.05) is 17.7 Å². The molecule has 1 N–H and O–H groups in total. The van der Waals surface area contributed by atoms with Gasteiger partial charge in [0.05, 0.1) is 11.6 Å². The number of nitrogens with one attached hydrogen (secondary N) is 1. The van der Waals surface area contributed by atoms with Crippen molar-refractivity contribution >= 4 is 11.6 Å². The third-order valence-corrected chi connectivity index (χ3v) is 2.65. The van der Waals surface area contributed by atoms with E-state index in [0.29, 0.717) is 12.3 Å². The van der Waals surface area contributed by atoms with Crippen molar-refractivity contribution in [3.63, 3.8) is 0 Å². The summed E-state index contributed by atoms with van der Waals surface area (Å²) in [7, 11) is 1.83. The molecule has 0 amide bonds. The summed E-state index contributed by atoms with van der Waals surface area (Å²) in [4.78, 5) is 0. The van der Waals surface area contributed by atoms with Gasteiger partial charge in [-0.25, -0.2) is 4.39 Å². The Morgan fingerprint density at radius 2 is 2.06 bits per heavy atom. The quantitative estimate of drug-likeness (QED) is 0.904. The molecule has 1 heterocycles. The molecule has 1 aromatic carbocycles. The second-order valence-corrected chi connectivity index (χ2v) is 4.15. The Bertz CT molecular complexity index is 527. The molecule has 1 aromatic heterocycles. The molecule has 0 atom stereocenters. The average Bonchev–Trinajstić information content (AvgIpc) is 2.79. The van der Waals surface area contributed by atoms with Crippen molar-refractivity contribution in [3.05, 3.63) is 52.7 Å². The van der Waals surface area contributed by atoms with Gasteiger partial charge in [-0.3, -0.25) is 0 Å². The lowest BCUT2D eigenvalue weighted by Gasteiger charge is -2.06. The highest BCUT2D eigenvalue weighted by atomic mass is 35.5. The molecular weight excluding hydrogens is 257 g/mol. The first-order chi connectivity index (χ1) is 8.70. The van der Waals surface area contributed by atoms with Crippen molar-refractivity contribution in [1.82, 2.24) is 5.32 Å². The summed E-state index contributed by atoms with van der Waals surface area (Å²) in [6.45, 7) is 0.812. The molecule has 0 aliphatic rings. The number of hydrogen-bond acceptors (Lipinski definition) is 3. The molecule has 0 aliphatic heterocycles. The van der Waals surface area contributed by atoms with E-state index in [2.05, 4.69) is 5.32 Å². The van der Waals surface area contributed by atoms with Crippen LogP contribution in [0.3, 0.4) is 0 Å². The topological polar surface area (TPSA) is 34.4 Å². The summed E-state index contributed by atoms with van der Waals surface area (Å²) in [5.41, 5.74) is 0. The summed E-state index contributed by atoms with van der Waals surface area (Å²) >= 11 is 5.65. The van der Waals surface area contributed by atoms with Gasteiger partial charge in [0.15, 0.2) is 11.6 Å². The Morgan fingerprint density at radius 3 is 2.83 bits per heavy atom. The lowest BCUT2D eigenvalue weighted by molar-refractivity contribution is 0.254. The molecule has 96 valence electrons. The zero-order chi connectivity index (χ0) is 13.0. The number of ether oxygens (including phenoxy) is 1. The highest BCUT2D eigenvalue weighted by Gasteiger charge is 2.08. The van der Waals surface area contributed by atoms with E-state index in [1.165, 1.54) is 12.1 Å². The Morgan fingerprint density at radius 1 is 1.28 bits per heavy atom. The summed E-state index contributed by atoms with van der Waals surface area (Å²) in [6.07, 6.45) is 0. The Balaban J connectivity index is 2.00. The smallest absolute Gasteiger partial charge is 0.183 e. The van der Waals surface area contributed by atoms with E-state index in [4.69, 9.17) is 20.8 Å². The maximum Gasteiger partial charge on any atom is 0.183 e. The largest absolute Gasteiger partial charge is 0.483 e. The molecule has 0 radical (unpaired) electrons. The van der Waals surface area contributed by atoms with Crippen molar-refractivity contribution in [2.45, 2.75) is 13.2 Å². The van der Waals surface area contributed by atoms with Crippen LogP contribution < -0.4 is 10.1 Å². The number of hydrogen-bond donors (Lipinski definition) is 1. The fourth-order valence-electron chi connectivity index (χ4n) is 1.51. The van der Waals surface area contributed by atoms with Crippen LogP contribution in [-0.4, -0.2) is 7.05 Å². The molecule has 0 fully saturated rings. The zero-order valence-electron chi connectivity index (χ0n) is 9.87. The molecule has 2 rings (SSSR count). The van der Waals surface area contributed by atoms with Crippen molar-refractivity contribution in [3.8, 4) is 5.75 Å². The van der Waals surface area contributed by atoms with E-state index in [0.717, 1.165) is 5.76 Å². The van der Waals surface area contributed by atoms with Crippen LogP contribution in [0.25, 0.3) is 0 Å². The van der Waals surface area contributed by atoms with Gasteiger partial charge in [0.2, 0.25) is 0 Å². The standard InChI is InChI=1S/C13H13ClFNO2/c1-16-7-9-5-6-10(18-9)8-17-12-4-2-3-11(14)13(12)15/h2-6,16H,7-8H2,1H3. The maximum absolute atomic E-state index is 13.5. The van der Waals surface area contributed by atoms with E-state index < -0.39 is 5.82 Å². The third kappa shape index (κ3) is 3.03. The fraction of sp³-hybridized carbons (Fsp3) is 0.231. The average molecular weight is 270 g/mol. The summed E-state index contributed by atoms with van der Waals surface area (Å²) < 4.78 is 24.3. The highest BCUT2D eigenvalue weighted by Crippen LogP contribution is 2.25. The normalized spacial score (nSPS) is 10.6. The van der Waals surface area contributed by atoms with Crippen LogP contribution in [0, 0.1) is 5.82 Å². The van der Waals surface area contributed by atoms with Gasteiger partial charge in [0, 0.05) is 0 Å². The predicted octanol–water partition coefficient (Wildman–Crippen LogP) is 3.37. The molecule has 0 aliphatic carbocycles. The minimum absolute atomic E-state index is 0.0443. The lowest BCUT2D eigenvalue weighted by Crippen LogP contribution is -2.03. The Labute approximate surface area is 110 Å². The third-order valence-electron chi connectivity index (χ3n) is 2.35. The molecule has 0 saturated heterocycles. The number of rotatable bonds is 5. The Kier molecular flexibility index (Phi) is 4.23.